The number of aromatic nitrogens is 2. The van der Waals surface area contributed by atoms with Gasteiger partial charge in [0.2, 0.25) is 0 Å². The van der Waals surface area contributed by atoms with Crippen molar-refractivity contribution in [2.75, 3.05) is 18.2 Å². The molecule has 5 nitrogen and oxygen atoms in total. The zero-order valence-corrected chi connectivity index (χ0v) is 11.9. The van der Waals surface area contributed by atoms with Gasteiger partial charge in [-0.2, -0.15) is 0 Å². The van der Waals surface area contributed by atoms with E-state index in [4.69, 9.17) is 10.5 Å². The molecule has 0 fully saturated rings. The Morgan fingerprint density at radius 2 is 2.05 bits per heavy atom. The summed E-state index contributed by atoms with van der Waals surface area (Å²) >= 11 is 0. The van der Waals surface area contributed by atoms with Crippen molar-refractivity contribution in [2.24, 2.45) is 0 Å². The summed E-state index contributed by atoms with van der Waals surface area (Å²) in [6.07, 6.45) is 3.35. The van der Waals surface area contributed by atoms with Crippen LogP contribution < -0.4 is 15.8 Å². The molecule has 0 aliphatic rings. The van der Waals surface area contributed by atoms with Gasteiger partial charge in [0, 0.05) is 17.7 Å². The van der Waals surface area contributed by atoms with Crippen molar-refractivity contribution in [1.29, 1.82) is 0 Å². The topological polar surface area (TPSA) is 73.1 Å². The van der Waals surface area contributed by atoms with Crippen LogP contribution in [0.1, 0.15) is 24.5 Å². The number of hydrogen-bond acceptors (Lipinski definition) is 5. The predicted molar refractivity (Wildman–Crippen MR) is 80.8 cm³/mol. The molecule has 0 atom stereocenters. The molecule has 106 valence electrons. The molecule has 0 spiro atoms. The van der Waals surface area contributed by atoms with Crippen LogP contribution in [0.25, 0.3) is 0 Å². The minimum absolute atomic E-state index is 0.546. The largest absolute Gasteiger partial charge is 0.496 e. The van der Waals surface area contributed by atoms with Gasteiger partial charge in [-0.15, -0.1) is 0 Å². The Morgan fingerprint density at radius 1 is 1.25 bits per heavy atom. The molecule has 0 radical (unpaired) electrons. The molecular formula is C15H20N4O. The fraction of sp³-hybridized carbons (Fsp3) is 0.333. The molecule has 3 N–H and O–H groups in total. The molecule has 0 aliphatic heterocycles. The van der Waals surface area contributed by atoms with Gasteiger partial charge in [-0.1, -0.05) is 31.5 Å². The van der Waals surface area contributed by atoms with Gasteiger partial charge < -0.3 is 15.8 Å². The van der Waals surface area contributed by atoms with Gasteiger partial charge in [0.1, 0.15) is 23.7 Å². The molecule has 2 rings (SSSR count). The maximum absolute atomic E-state index is 5.92. The Balaban J connectivity index is 2.16. The van der Waals surface area contributed by atoms with Crippen molar-refractivity contribution in [2.45, 2.75) is 26.3 Å². The predicted octanol–water partition coefficient (Wildman–Crippen LogP) is 2.63. The molecule has 0 saturated heterocycles. The minimum Gasteiger partial charge on any atom is -0.496 e. The van der Waals surface area contributed by atoms with Gasteiger partial charge in [-0.05, 0) is 12.5 Å². The Kier molecular flexibility index (Phi) is 4.76. The van der Waals surface area contributed by atoms with Crippen molar-refractivity contribution in [3.63, 3.8) is 0 Å². The lowest BCUT2D eigenvalue weighted by molar-refractivity contribution is 0.410. The molecule has 0 unspecified atom stereocenters. The second kappa shape index (κ2) is 6.75. The highest BCUT2D eigenvalue weighted by Crippen LogP contribution is 2.22. The summed E-state index contributed by atoms with van der Waals surface area (Å²) in [5.74, 6) is 2.20. The SMILES string of the molecule is CCCc1c(N)ncnc1NCc1ccccc1OC. The number of rotatable bonds is 6. The van der Waals surface area contributed by atoms with E-state index < -0.39 is 0 Å². The third-order valence-electron chi connectivity index (χ3n) is 3.12. The molecule has 2 aromatic rings. The summed E-state index contributed by atoms with van der Waals surface area (Å²) in [7, 11) is 1.67. The van der Waals surface area contributed by atoms with E-state index in [9.17, 15) is 0 Å². The molecule has 5 heteroatoms. The van der Waals surface area contributed by atoms with Gasteiger partial charge in [0.25, 0.3) is 0 Å². The number of nitrogens with zero attached hydrogens (tertiary/aromatic N) is 2. The van der Waals surface area contributed by atoms with E-state index >= 15 is 0 Å². The van der Waals surface area contributed by atoms with E-state index in [1.165, 1.54) is 6.33 Å². The molecule has 1 aromatic heterocycles. The van der Waals surface area contributed by atoms with Gasteiger partial charge in [0.05, 0.1) is 7.11 Å². The first kappa shape index (κ1) is 14.1. The number of nitrogen functional groups attached to an aromatic ring is 1. The number of methoxy groups -OCH3 is 1. The Bertz CT molecular complexity index is 572. The minimum atomic E-state index is 0.546. The average molecular weight is 272 g/mol. The van der Waals surface area contributed by atoms with Gasteiger partial charge in [0.15, 0.2) is 0 Å². The summed E-state index contributed by atoms with van der Waals surface area (Å²) in [6.45, 7) is 2.74. The van der Waals surface area contributed by atoms with Crippen molar-refractivity contribution in [3.8, 4) is 5.75 Å². The lowest BCUT2D eigenvalue weighted by Gasteiger charge is -2.13. The third kappa shape index (κ3) is 3.17. The molecule has 20 heavy (non-hydrogen) atoms. The molecule has 1 aromatic carbocycles. The lowest BCUT2D eigenvalue weighted by atomic mass is 10.1. The number of nitrogens with one attached hydrogen (secondary N) is 1. The molecule has 0 aliphatic carbocycles. The van der Waals surface area contributed by atoms with Crippen molar-refractivity contribution in [1.82, 2.24) is 9.97 Å². The van der Waals surface area contributed by atoms with Crippen molar-refractivity contribution >= 4 is 11.6 Å². The van der Waals surface area contributed by atoms with Crippen LogP contribution >= 0.6 is 0 Å². The Morgan fingerprint density at radius 3 is 2.80 bits per heavy atom. The van der Waals surface area contributed by atoms with E-state index in [1.807, 2.05) is 24.3 Å². The number of anilines is 2. The highest BCUT2D eigenvalue weighted by molar-refractivity contribution is 5.55. The van der Waals surface area contributed by atoms with E-state index in [0.717, 1.165) is 35.5 Å². The first-order chi connectivity index (χ1) is 9.76. The van der Waals surface area contributed by atoms with Gasteiger partial charge in [-0.25, -0.2) is 9.97 Å². The summed E-state index contributed by atoms with van der Waals surface area (Å²) in [6, 6.07) is 7.91. The monoisotopic (exact) mass is 272 g/mol. The highest BCUT2D eigenvalue weighted by Gasteiger charge is 2.09. The quantitative estimate of drug-likeness (QED) is 0.845. The Labute approximate surface area is 119 Å². The van der Waals surface area contributed by atoms with E-state index in [1.54, 1.807) is 7.11 Å². The number of hydrogen-bond donors (Lipinski definition) is 2. The normalized spacial score (nSPS) is 10.3. The first-order valence-electron chi connectivity index (χ1n) is 6.71. The number of ether oxygens (including phenoxy) is 1. The Hall–Kier alpha value is -2.30. The maximum atomic E-state index is 5.92. The average Bonchev–Trinajstić information content (AvgIpc) is 2.48. The van der Waals surface area contributed by atoms with E-state index in [-0.39, 0.29) is 0 Å². The molecular weight excluding hydrogens is 252 g/mol. The van der Waals surface area contributed by atoms with Crippen molar-refractivity contribution in [3.05, 3.63) is 41.7 Å². The zero-order chi connectivity index (χ0) is 14.4. The van der Waals surface area contributed by atoms with Crippen LogP contribution in [0.3, 0.4) is 0 Å². The number of benzene rings is 1. The van der Waals surface area contributed by atoms with Crippen LogP contribution in [0.5, 0.6) is 5.75 Å². The number of para-hydroxylation sites is 1. The first-order valence-corrected chi connectivity index (χ1v) is 6.71. The third-order valence-corrected chi connectivity index (χ3v) is 3.12. The zero-order valence-electron chi connectivity index (χ0n) is 11.9. The van der Waals surface area contributed by atoms with Crippen LogP contribution in [0.2, 0.25) is 0 Å². The maximum Gasteiger partial charge on any atom is 0.134 e. The summed E-state index contributed by atoms with van der Waals surface area (Å²) in [5, 5.41) is 3.32. The smallest absolute Gasteiger partial charge is 0.134 e. The van der Waals surface area contributed by atoms with Crippen LogP contribution in [-0.2, 0) is 13.0 Å². The summed E-state index contributed by atoms with van der Waals surface area (Å²) in [4.78, 5) is 8.33. The van der Waals surface area contributed by atoms with Crippen LogP contribution in [0, 0.1) is 0 Å². The van der Waals surface area contributed by atoms with E-state index in [0.29, 0.717) is 12.4 Å². The molecule has 0 bridgehead atoms. The van der Waals surface area contributed by atoms with Crippen molar-refractivity contribution < 1.29 is 4.74 Å². The molecule has 0 saturated carbocycles. The van der Waals surface area contributed by atoms with Gasteiger partial charge >= 0.3 is 0 Å². The van der Waals surface area contributed by atoms with Crippen LogP contribution in [0.4, 0.5) is 11.6 Å². The fourth-order valence-corrected chi connectivity index (χ4v) is 2.10. The second-order valence-corrected chi connectivity index (χ2v) is 4.50. The standard InChI is InChI=1S/C15H20N4O/c1-3-6-12-14(16)18-10-19-15(12)17-9-11-7-4-5-8-13(11)20-2/h4-5,7-8,10H,3,6,9H2,1-2H3,(H3,16,17,18,19). The second-order valence-electron chi connectivity index (χ2n) is 4.50. The van der Waals surface area contributed by atoms with E-state index in [2.05, 4.69) is 22.2 Å². The summed E-state index contributed by atoms with van der Waals surface area (Å²) < 4.78 is 5.34. The molecule has 0 amide bonds. The van der Waals surface area contributed by atoms with Gasteiger partial charge in [-0.3, -0.25) is 0 Å². The highest BCUT2D eigenvalue weighted by atomic mass is 16.5. The van der Waals surface area contributed by atoms with Crippen LogP contribution in [0.15, 0.2) is 30.6 Å². The molecule has 1 heterocycles. The fourth-order valence-electron chi connectivity index (χ4n) is 2.10. The lowest BCUT2D eigenvalue weighted by Crippen LogP contribution is -2.09. The summed E-state index contributed by atoms with van der Waals surface area (Å²) in [5.41, 5.74) is 7.97. The van der Waals surface area contributed by atoms with Crippen LogP contribution in [-0.4, -0.2) is 17.1 Å². The number of nitrogens with two attached hydrogens (primary N) is 1.